The zero-order valence-electron chi connectivity index (χ0n) is 7.53. The lowest BCUT2D eigenvalue weighted by Crippen LogP contribution is -2.22. The summed E-state index contributed by atoms with van der Waals surface area (Å²) in [5, 5.41) is 11.5. The van der Waals surface area contributed by atoms with Crippen LogP contribution < -0.4 is 5.32 Å². The lowest BCUT2D eigenvalue weighted by molar-refractivity contribution is -0.119. The van der Waals surface area contributed by atoms with E-state index < -0.39 is 5.41 Å². The molecule has 0 saturated heterocycles. The molecule has 4 heteroatoms. The number of carbonyl (C=O) groups excluding carboxylic acids is 1. The third-order valence-corrected chi connectivity index (χ3v) is 2.32. The predicted octanol–water partition coefficient (Wildman–Crippen LogP) is 1.32. The molecule has 4 nitrogen and oxygen atoms in total. The molecule has 1 amide bonds. The van der Waals surface area contributed by atoms with Crippen molar-refractivity contribution >= 4 is 11.6 Å². The molecule has 1 aliphatic rings. The average Bonchev–Trinajstić information content (AvgIpc) is 3.00. The van der Waals surface area contributed by atoms with Gasteiger partial charge in [0.05, 0.1) is 18.0 Å². The van der Waals surface area contributed by atoms with Gasteiger partial charge in [-0.2, -0.15) is 5.26 Å². The van der Waals surface area contributed by atoms with E-state index in [0.717, 1.165) is 0 Å². The molecule has 1 aromatic heterocycles. The van der Waals surface area contributed by atoms with Crippen molar-refractivity contribution in [2.45, 2.75) is 12.8 Å². The normalized spacial score (nSPS) is 16.8. The van der Waals surface area contributed by atoms with Crippen LogP contribution in [0.5, 0.6) is 0 Å². The fourth-order valence-electron chi connectivity index (χ4n) is 1.20. The van der Waals surface area contributed by atoms with Crippen LogP contribution in [0.1, 0.15) is 12.8 Å². The van der Waals surface area contributed by atoms with Crippen molar-refractivity contribution in [2.75, 3.05) is 5.32 Å². The molecule has 0 bridgehead atoms. The van der Waals surface area contributed by atoms with E-state index in [1.165, 1.54) is 0 Å². The third kappa shape index (κ3) is 1.44. The second kappa shape index (κ2) is 3.11. The number of nitriles is 1. The molecule has 0 atom stereocenters. The molecule has 0 aliphatic heterocycles. The standard InChI is InChI=1S/C10H9N3O/c11-7-10(3-4-10)9(14)13-8-2-1-5-12-6-8/h1-2,5-6H,3-4H2,(H,13,14). The number of carbonyl (C=O) groups is 1. The second-order valence-corrected chi connectivity index (χ2v) is 3.39. The monoisotopic (exact) mass is 187 g/mol. The minimum atomic E-state index is -0.768. The second-order valence-electron chi connectivity index (χ2n) is 3.39. The highest BCUT2D eigenvalue weighted by molar-refractivity contribution is 5.99. The summed E-state index contributed by atoms with van der Waals surface area (Å²) in [5.41, 5.74) is -0.130. The summed E-state index contributed by atoms with van der Waals surface area (Å²) in [4.78, 5) is 15.4. The largest absolute Gasteiger partial charge is 0.323 e. The number of hydrogen-bond acceptors (Lipinski definition) is 3. The van der Waals surface area contributed by atoms with Crippen LogP contribution in [0.25, 0.3) is 0 Å². The van der Waals surface area contributed by atoms with Gasteiger partial charge in [0.15, 0.2) is 0 Å². The Morgan fingerprint density at radius 1 is 1.64 bits per heavy atom. The summed E-state index contributed by atoms with van der Waals surface area (Å²) in [6, 6.07) is 5.53. The number of rotatable bonds is 2. The van der Waals surface area contributed by atoms with Crippen molar-refractivity contribution < 1.29 is 4.79 Å². The molecule has 1 heterocycles. The first kappa shape index (κ1) is 8.70. The first-order valence-corrected chi connectivity index (χ1v) is 4.40. The zero-order chi connectivity index (χ0) is 10.0. The molecule has 0 aromatic carbocycles. The van der Waals surface area contributed by atoms with Gasteiger partial charge >= 0.3 is 0 Å². The Balaban J connectivity index is 2.07. The van der Waals surface area contributed by atoms with Crippen molar-refractivity contribution in [3.8, 4) is 6.07 Å². The number of pyridine rings is 1. The van der Waals surface area contributed by atoms with Crippen LogP contribution in [0.2, 0.25) is 0 Å². The quantitative estimate of drug-likeness (QED) is 0.759. The van der Waals surface area contributed by atoms with Crippen molar-refractivity contribution in [2.24, 2.45) is 5.41 Å². The Morgan fingerprint density at radius 3 is 2.93 bits per heavy atom. The molecule has 0 radical (unpaired) electrons. The van der Waals surface area contributed by atoms with Gasteiger partial charge in [-0.15, -0.1) is 0 Å². The van der Waals surface area contributed by atoms with E-state index in [1.54, 1.807) is 24.5 Å². The molecule has 70 valence electrons. The van der Waals surface area contributed by atoms with Crippen LogP contribution >= 0.6 is 0 Å². The van der Waals surface area contributed by atoms with Crippen LogP contribution in [0.15, 0.2) is 24.5 Å². The average molecular weight is 187 g/mol. The number of nitrogens with one attached hydrogen (secondary N) is 1. The molecule has 1 saturated carbocycles. The van der Waals surface area contributed by atoms with Gasteiger partial charge in [0, 0.05) is 6.20 Å². The fraction of sp³-hybridized carbons (Fsp3) is 0.300. The van der Waals surface area contributed by atoms with Gasteiger partial charge in [-0.1, -0.05) is 0 Å². The highest BCUT2D eigenvalue weighted by Crippen LogP contribution is 2.45. The third-order valence-electron chi connectivity index (χ3n) is 2.32. The molecular weight excluding hydrogens is 178 g/mol. The van der Waals surface area contributed by atoms with Crippen LogP contribution in [-0.4, -0.2) is 10.9 Å². The fourth-order valence-corrected chi connectivity index (χ4v) is 1.20. The van der Waals surface area contributed by atoms with Gasteiger partial charge < -0.3 is 5.32 Å². The van der Waals surface area contributed by atoms with Crippen molar-refractivity contribution in [1.82, 2.24) is 4.98 Å². The van der Waals surface area contributed by atoms with E-state index in [0.29, 0.717) is 18.5 Å². The van der Waals surface area contributed by atoms with Crippen molar-refractivity contribution in [3.63, 3.8) is 0 Å². The molecule has 1 aromatic rings. The predicted molar refractivity (Wildman–Crippen MR) is 50.1 cm³/mol. The van der Waals surface area contributed by atoms with Crippen LogP contribution in [0.3, 0.4) is 0 Å². The Hall–Kier alpha value is -1.89. The number of hydrogen-bond donors (Lipinski definition) is 1. The minimum absolute atomic E-state index is 0.215. The zero-order valence-corrected chi connectivity index (χ0v) is 7.53. The van der Waals surface area contributed by atoms with E-state index in [1.807, 2.05) is 6.07 Å². The van der Waals surface area contributed by atoms with E-state index in [2.05, 4.69) is 10.3 Å². The highest BCUT2D eigenvalue weighted by Gasteiger charge is 2.50. The van der Waals surface area contributed by atoms with E-state index in [4.69, 9.17) is 5.26 Å². The lowest BCUT2D eigenvalue weighted by Gasteiger charge is -2.06. The first-order chi connectivity index (χ1) is 6.77. The summed E-state index contributed by atoms with van der Waals surface area (Å²) < 4.78 is 0. The summed E-state index contributed by atoms with van der Waals surface area (Å²) >= 11 is 0. The molecular formula is C10H9N3O. The summed E-state index contributed by atoms with van der Waals surface area (Å²) in [7, 11) is 0. The summed E-state index contributed by atoms with van der Waals surface area (Å²) in [6.45, 7) is 0. The van der Waals surface area contributed by atoms with Crippen LogP contribution in [-0.2, 0) is 4.79 Å². The minimum Gasteiger partial charge on any atom is -0.323 e. The Labute approximate surface area is 81.6 Å². The highest BCUT2D eigenvalue weighted by atomic mass is 16.2. The van der Waals surface area contributed by atoms with Gasteiger partial charge in [-0.25, -0.2) is 0 Å². The van der Waals surface area contributed by atoms with Crippen molar-refractivity contribution in [3.05, 3.63) is 24.5 Å². The Kier molecular flexibility index (Phi) is 1.93. The Bertz CT molecular complexity index is 390. The first-order valence-electron chi connectivity index (χ1n) is 4.40. The maximum Gasteiger partial charge on any atom is 0.244 e. The SMILES string of the molecule is N#CC1(C(=O)Nc2cccnc2)CC1. The topological polar surface area (TPSA) is 65.8 Å². The summed E-state index contributed by atoms with van der Waals surface area (Å²) in [6.07, 6.45) is 4.52. The van der Waals surface area contributed by atoms with E-state index in [9.17, 15) is 4.79 Å². The van der Waals surface area contributed by atoms with E-state index in [-0.39, 0.29) is 5.91 Å². The van der Waals surface area contributed by atoms with Gasteiger partial charge in [-0.05, 0) is 25.0 Å². The van der Waals surface area contributed by atoms with Crippen molar-refractivity contribution in [1.29, 1.82) is 5.26 Å². The molecule has 1 fully saturated rings. The van der Waals surface area contributed by atoms with Gasteiger partial charge in [0.2, 0.25) is 5.91 Å². The maximum absolute atomic E-state index is 11.6. The number of nitrogens with zero attached hydrogens (tertiary/aromatic N) is 2. The van der Waals surface area contributed by atoms with Gasteiger partial charge in [0.1, 0.15) is 5.41 Å². The van der Waals surface area contributed by atoms with E-state index >= 15 is 0 Å². The molecule has 1 aliphatic carbocycles. The number of anilines is 1. The number of aromatic nitrogens is 1. The molecule has 1 N–H and O–H groups in total. The van der Waals surface area contributed by atoms with Crippen LogP contribution in [0.4, 0.5) is 5.69 Å². The summed E-state index contributed by atoms with van der Waals surface area (Å²) in [5.74, 6) is -0.215. The maximum atomic E-state index is 11.6. The molecule has 14 heavy (non-hydrogen) atoms. The molecule has 2 rings (SSSR count). The van der Waals surface area contributed by atoms with Crippen LogP contribution in [0, 0.1) is 16.7 Å². The van der Waals surface area contributed by atoms with Gasteiger partial charge in [-0.3, -0.25) is 9.78 Å². The molecule has 0 unspecified atom stereocenters. The molecule has 0 spiro atoms. The smallest absolute Gasteiger partial charge is 0.244 e. The number of amides is 1. The Morgan fingerprint density at radius 2 is 2.43 bits per heavy atom. The lowest BCUT2D eigenvalue weighted by atomic mass is 10.1. The van der Waals surface area contributed by atoms with Gasteiger partial charge in [0.25, 0.3) is 0 Å².